The average Bonchev–Trinajstić information content (AvgIpc) is 3.08. The zero-order valence-electron chi connectivity index (χ0n) is 13.9. The lowest BCUT2D eigenvalue weighted by Crippen LogP contribution is -2.45. The summed E-state index contributed by atoms with van der Waals surface area (Å²) in [6.07, 6.45) is 7.20. The van der Waals surface area contributed by atoms with Crippen LogP contribution in [0.25, 0.3) is 0 Å². The molecule has 1 saturated heterocycles. The largest absolute Gasteiger partial charge is 0.355 e. The average molecular weight is 309 g/mol. The van der Waals surface area contributed by atoms with Gasteiger partial charge in [-0.15, -0.1) is 0 Å². The number of nitrogens with zero attached hydrogens (tertiary/aromatic N) is 1. The molecule has 126 valence electrons. The number of carbonyl (C=O) groups excluding carboxylic acids is 2. The Morgan fingerprint density at radius 2 is 1.64 bits per heavy atom. The highest BCUT2D eigenvalue weighted by Gasteiger charge is 2.38. The van der Waals surface area contributed by atoms with E-state index in [1.807, 2.05) is 4.90 Å². The number of likely N-dealkylation sites (tertiary alicyclic amines) is 1. The normalized spacial score (nSPS) is 25.2. The van der Waals surface area contributed by atoms with E-state index in [0.29, 0.717) is 6.54 Å². The lowest BCUT2D eigenvalue weighted by molar-refractivity contribution is -0.142. The minimum Gasteiger partial charge on any atom is -0.355 e. The fourth-order valence-electron chi connectivity index (χ4n) is 3.62. The van der Waals surface area contributed by atoms with Gasteiger partial charge in [0.1, 0.15) is 0 Å². The third-order valence-electron chi connectivity index (χ3n) is 4.87. The molecule has 2 fully saturated rings. The fourth-order valence-corrected chi connectivity index (χ4v) is 3.62. The predicted octanol–water partition coefficient (Wildman–Crippen LogP) is 1.53. The van der Waals surface area contributed by atoms with Crippen molar-refractivity contribution in [3.8, 4) is 0 Å². The van der Waals surface area contributed by atoms with Crippen LogP contribution in [0.1, 0.15) is 51.9 Å². The third-order valence-corrected chi connectivity index (χ3v) is 4.87. The van der Waals surface area contributed by atoms with Crippen molar-refractivity contribution in [2.45, 2.75) is 51.9 Å². The molecule has 0 spiro atoms. The zero-order valence-corrected chi connectivity index (χ0v) is 13.9. The lowest BCUT2D eigenvalue weighted by atomic mass is 9.78. The summed E-state index contributed by atoms with van der Waals surface area (Å²) in [5.41, 5.74) is 0. The van der Waals surface area contributed by atoms with E-state index < -0.39 is 0 Å². The molecule has 0 aromatic heterocycles. The van der Waals surface area contributed by atoms with Gasteiger partial charge in [-0.1, -0.05) is 19.8 Å². The minimum absolute atomic E-state index is 0.0792. The second-order valence-electron chi connectivity index (χ2n) is 6.57. The number of nitrogens with one attached hydrogen (secondary N) is 2. The molecule has 2 N–H and O–H groups in total. The van der Waals surface area contributed by atoms with Gasteiger partial charge in [-0.05, 0) is 38.6 Å². The van der Waals surface area contributed by atoms with Gasteiger partial charge in [0.15, 0.2) is 0 Å². The van der Waals surface area contributed by atoms with Gasteiger partial charge in [0.2, 0.25) is 11.8 Å². The molecule has 0 aromatic carbocycles. The van der Waals surface area contributed by atoms with Crippen LogP contribution in [-0.2, 0) is 9.59 Å². The van der Waals surface area contributed by atoms with Crippen LogP contribution in [0.5, 0.6) is 0 Å². The molecule has 1 saturated carbocycles. The Hall–Kier alpha value is -1.10. The van der Waals surface area contributed by atoms with E-state index >= 15 is 0 Å². The van der Waals surface area contributed by atoms with E-state index in [0.717, 1.165) is 71.1 Å². The summed E-state index contributed by atoms with van der Waals surface area (Å²) in [7, 11) is 0. The maximum absolute atomic E-state index is 12.7. The zero-order chi connectivity index (χ0) is 15.8. The molecule has 2 amide bonds. The van der Waals surface area contributed by atoms with Crippen LogP contribution in [0.15, 0.2) is 0 Å². The van der Waals surface area contributed by atoms with Crippen molar-refractivity contribution in [3.63, 3.8) is 0 Å². The molecule has 5 heteroatoms. The van der Waals surface area contributed by atoms with Crippen LogP contribution in [-0.4, -0.2) is 49.4 Å². The molecule has 5 nitrogen and oxygen atoms in total. The molecular weight excluding hydrogens is 278 g/mol. The maximum Gasteiger partial charge on any atom is 0.226 e. The monoisotopic (exact) mass is 309 g/mol. The van der Waals surface area contributed by atoms with E-state index in [1.54, 1.807) is 0 Å². The Kier molecular flexibility index (Phi) is 7.16. The highest BCUT2D eigenvalue weighted by atomic mass is 16.2. The van der Waals surface area contributed by atoms with Crippen LogP contribution >= 0.6 is 0 Å². The summed E-state index contributed by atoms with van der Waals surface area (Å²) in [6, 6.07) is 0. The van der Waals surface area contributed by atoms with Crippen LogP contribution in [0.2, 0.25) is 0 Å². The SMILES string of the molecule is CCCNCCNC(=O)C1CCCCC1C(=O)N1CCCC1. The van der Waals surface area contributed by atoms with Crippen molar-refractivity contribution in [1.29, 1.82) is 0 Å². The second-order valence-corrected chi connectivity index (χ2v) is 6.57. The standard InChI is InChI=1S/C17H31N3O2/c1-2-9-18-10-11-19-16(21)14-7-3-4-8-15(14)17(22)20-12-5-6-13-20/h14-15,18H,2-13H2,1H3,(H,19,21). The van der Waals surface area contributed by atoms with Crippen LogP contribution in [0, 0.1) is 11.8 Å². The fraction of sp³-hybridized carbons (Fsp3) is 0.882. The van der Waals surface area contributed by atoms with Gasteiger partial charge in [-0.25, -0.2) is 0 Å². The van der Waals surface area contributed by atoms with E-state index in [-0.39, 0.29) is 23.7 Å². The molecule has 0 radical (unpaired) electrons. The first kappa shape index (κ1) is 17.3. The van der Waals surface area contributed by atoms with Crippen molar-refractivity contribution in [1.82, 2.24) is 15.5 Å². The maximum atomic E-state index is 12.7. The van der Waals surface area contributed by atoms with Gasteiger partial charge >= 0.3 is 0 Å². The van der Waals surface area contributed by atoms with Crippen molar-refractivity contribution < 1.29 is 9.59 Å². The highest BCUT2D eigenvalue weighted by molar-refractivity contribution is 5.88. The number of rotatable bonds is 7. The molecule has 2 aliphatic rings. The Bertz CT molecular complexity index is 367. The van der Waals surface area contributed by atoms with Crippen LogP contribution < -0.4 is 10.6 Å². The second kappa shape index (κ2) is 9.13. The van der Waals surface area contributed by atoms with Gasteiger partial charge in [0, 0.05) is 38.0 Å². The molecule has 0 aromatic rings. The first-order chi connectivity index (χ1) is 10.7. The lowest BCUT2D eigenvalue weighted by Gasteiger charge is -2.32. The Labute approximate surface area is 134 Å². The van der Waals surface area contributed by atoms with Crippen LogP contribution in [0.3, 0.4) is 0 Å². The summed E-state index contributed by atoms with van der Waals surface area (Å²) in [5, 5.41) is 6.30. The molecule has 2 rings (SSSR count). The van der Waals surface area contributed by atoms with Crippen molar-refractivity contribution in [2.24, 2.45) is 11.8 Å². The van der Waals surface area contributed by atoms with E-state index in [1.165, 1.54) is 0 Å². The first-order valence-corrected chi connectivity index (χ1v) is 9.01. The van der Waals surface area contributed by atoms with Gasteiger partial charge in [0.25, 0.3) is 0 Å². The highest BCUT2D eigenvalue weighted by Crippen LogP contribution is 2.32. The Balaban J connectivity index is 1.82. The van der Waals surface area contributed by atoms with E-state index in [2.05, 4.69) is 17.6 Å². The Morgan fingerprint density at radius 1 is 0.955 bits per heavy atom. The molecule has 1 heterocycles. The van der Waals surface area contributed by atoms with Crippen LogP contribution in [0.4, 0.5) is 0 Å². The quantitative estimate of drug-likeness (QED) is 0.701. The van der Waals surface area contributed by atoms with Gasteiger partial charge < -0.3 is 15.5 Å². The summed E-state index contributed by atoms with van der Waals surface area (Å²) < 4.78 is 0. The van der Waals surface area contributed by atoms with E-state index in [4.69, 9.17) is 0 Å². The number of carbonyl (C=O) groups is 2. The molecule has 2 atom stereocenters. The smallest absolute Gasteiger partial charge is 0.226 e. The summed E-state index contributed by atoms with van der Waals surface area (Å²) in [5.74, 6) is 0.0977. The van der Waals surface area contributed by atoms with Gasteiger partial charge in [-0.2, -0.15) is 0 Å². The minimum atomic E-state index is -0.118. The van der Waals surface area contributed by atoms with Crippen molar-refractivity contribution in [2.75, 3.05) is 32.7 Å². The summed E-state index contributed by atoms with van der Waals surface area (Å²) in [4.78, 5) is 27.1. The predicted molar refractivity (Wildman–Crippen MR) is 87.4 cm³/mol. The first-order valence-electron chi connectivity index (χ1n) is 9.01. The molecule has 22 heavy (non-hydrogen) atoms. The Morgan fingerprint density at radius 3 is 2.32 bits per heavy atom. The molecular formula is C17H31N3O2. The van der Waals surface area contributed by atoms with Gasteiger partial charge in [-0.3, -0.25) is 9.59 Å². The van der Waals surface area contributed by atoms with Crippen molar-refractivity contribution >= 4 is 11.8 Å². The summed E-state index contributed by atoms with van der Waals surface area (Å²) in [6.45, 7) is 6.32. The summed E-state index contributed by atoms with van der Waals surface area (Å²) >= 11 is 0. The number of hydrogen-bond acceptors (Lipinski definition) is 3. The number of hydrogen-bond donors (Lipinski definition) is 2. The molecule has 2 unspecified atom stereocenters. The topological polar surface area (TPSA) is 61.4 Å². The third kappa shape index (κ3) is 4.70. The van der Waals surface area contributed by atoms with Gasteiger partial charge in [0.05, 0.1) is 0 Å². The molecule has 0 bridgehead atoms. The van der Waals surface area contributed by atoms with Crippen molar-refractivity contribution in [3.05, 3.63) is 0 Å². The molecule has 1 aliphatic carbocycles. The number of amides is 2. The van der Waals surface area contributed by atoms with E-state index in [9.17, 15) is 9.59 Å². The molecule has 1 aliphatic heterocycles.